The van der Waals surface area contributed by atoms with E-state index in [1.807, 2.05) is 19.1 Å². The van der Waals surface area contributed by atoms with Gasteiger partial charge < -0.3 is 11.1 Å². The zero-order chi connectivity index (χ0) is 17.8. The molecule has 0 unspecified atom stereocenters. The minimum atomic E-state index is -0.475. The number of hydrogen-bond acceptors (Lipinski definition) is 4. The summed E-state index contributed by atoms with van der Waals surface area (Å²) in [6.45, 7) is 2.86. The van der Waals surface area contributed by atoms with Crippen LogP contribution in [0.5, 0.6) is 0 Å². The van der Waals surface area contributed by atoms with E-state index >= 15 is 0 Å². The number of urea groups is 1. The molecule has 7 nitrogen and oxygen atoms in total. The van der Waals surface area contributed by atoms with Crippen LogP contribution in [0.15, 0.2) is 30.7 Å². The molecule has 3 rings (SSSR count). The largest absolute Gasteiger partial charge is 0.352 e. The molecule has 0 saturated heterocycles. The molecule has 130 valence electrons. The molecule has 0 radical (unpaired) electrons. The smallest absolute Gasteiger partial charge is 0.320 e. The van der Waals surface area contributed by atoms with E-state index in [9.17, 15) is 9.59 Å². The average Bonchev–Trinajstić information content (AvgIpc) is 2.65. The van der Waals surface area contributed by atoms with Gasteiger partial charge in [0.25, 0.3) is 0 Å². The Bertz CT molecular complexity index is 806. The van der Waals surface area contributed by atoms with Crippen LogP contribution < -0.4 is 16.0 Å². The van der Waals surface area contributed by atoms with Crippen LogP contribution in [0, 0.1) is 0 Å². The van der Waals surface area contributed by atoms with Crippen molar-refractivity contribution in [1.82, 2.24) is 15.3 Å². The first-order valence-electron chi connectivity index (χ1n) is 8.35. The highest BCUT2D eigenvalue weighted by Crippen LogP contribution is 2.29. The van der Waals surface area contributed by atoms with Gasteiger partial charge >= 0.3 is 6.03 Å². The van der Waals surface area contributed by atoms with Crippen molar-refractivity contribution in [2.75, 3.05) is 11.4 Å². The van der Waals surface area contributed by atoms with Crippen molar-refractivity contribution >= 4 is 17.8 Å². The normalized spacial score (nSPS) is 13.2. The van der Waals surface area contributed by atoms with Gasteiger partial charge in [-0.05, 0) is 36.1 Å². The zero-order valence-electron chi connectivity index (χ0n) is 14.2. The van der Waals surface area contributed by atoms with Crippen molar-refractivity contribution in [3.8, 4) is 11.1 Å². The molecule has 3 N–H and O–H groups in total. The van der Waals surface area contributed by atoms with E-state index < -0.39 is 6.03 Å². The van der Waals surface area contributed by atoms with Crippen LogP contribution in [-0.2, 0) is 17.8 Å². The van der Waals surface area contributed by atoms with E-state index in [0.717, 1.165) is 35.1 Å². The Balaban J connectivity index is 1.85. The summed E-state index contributed by atoms with van der Waals surface area (Å²) in [5, 5.41) is 2.84. The van der Waals surface area contributed by atoms with Gasteiger partial charge in [0.05, 0.1) is 0 Å². The molecule has 0 bridgehead atoms. The number of primary amides is 1. The lowest BCUT2D eigenvalue weighted by Gasteiger charge is -2.26. The minimum Gasteiger partial charge on any atom is -0.352 e. The van der Waals surface area contributed by atoms with Gasteiger partial charge in [-0.15, -0.1) is 0 Å². The van der Waals surface area contributed by atoms with Crippen LogP contribution in [0.3, 0.4) is 0 Å². The molecule has 0 atom stereocenters. The number of aromatic nitrogens is 2. The number of carbonyl (C=O) groups is 2. The highest BCUT2D eigenvalue weighted by atomic mass is 16.2. The molecule has 3 amide bonds. The molecule has 1 aliphatic rings. The number of nitrogens with zero attached hydrogens (tertiary/aromatic N) is 3. The number of rotatable bonds is 4. The number of hydrogen-bond donors (Lipinski definition) is 2. The van der Waals surface area contributed by atoms with Crippen molar-refractivity contribution in [3.05, 3.63) is 41.9 Å². The van der Waals surface area contributed by atoms with E-state index in [0.29, 0.717) is 25.3 Å². The van der Waals surface area contributed by atoms with Gasteiger partial charge in [0.15, 0.2) is 0 Å². The lowest BCUT2D eigenvalue weighted by molar-refractivity contribution is -0.120. The van der Waals surface area contributed by atoms with E-state index in [4.69, 9.17) is 5.73 Å². The second-order valence-corrected chi connectivity index (χ2v) is 6.01. The molecule has 2 aromatic rings. The molecular formula is C18H21N5O2. The Morgan fingerprint density at radius 2 is 2.04 bits per heavy atom. The van der Waals surface area contributed by atoms with Crippen molar-refractivity contribution in [2.45, 2.75) is 32.7 Å². The molecule has 2 aromatic heterocycles. The first kappa shape index (κ1) is 16.9. The summed E-state index contributed by atoms with van der Waals surface area (Å²) in [4.78, 5) is 33.1. The number of nitrogens with two attached hydrogens (primary N) is 1. The van der Waals surface area contributed by atoms with Crippen molar-refractivity contribution < 1.29 is 9.59 Å². The highest BCUT2D eigenvalue weighted by molar-refractivity contribution is 5.91. The number of pyridine rings is 2. The minimum absolute atomic E-state index is 0.00685. The van der Waals surface area contributed by atoms with E-state index in [1.165, 1.54) is 4.90 Å². The van der Waals surface area contributed by atoms with Crippen LogP contribution in [0.4, 0.5) is 10.6 Å². The van der Waals surface area contributed by atoms with Crippen LogP contribution in [0.2, 0.25) is 0 Å². The molecule has 25 heavy (non-hydrogen) atoms. The summed E-state index contributed by atoms with van der Waals surface area (Å²) in [6.07, 6.45) is 7.41. The highest BCUT2D eigenvalue weighted by Gasteiger charge is 2.22. The third kappa shape index (κ3) is 3.76. The third-order valence-corrected chi connectivity index (χ3v) is 4.23. The predicted octanol–water partition coefficient (Wildman–Crippen LogP) is 2.00. The first-order chi connectivity index (χ1) is 12.1. The average molecular weight is 339 g/mol. The van der Waals surface area contributed by atoms with E-state index in [2.05, 4.69) is 15.3 Å². The predicted molar refractivity (Wildman–Crippen MR) is 94.9 cm³/mol. The van der Waals surface area contributed by atoms with Gasteiger partial charge in [0.1, 0.15) is 5.82 Å². The van der Waals surface area contributed by atoms with Gasteiger partial charge in [-0.25, -0.2) is 9.78 Å². The SMILES string of the molecule is CCC(=O)NCc1cncc(-c2cnc3c(c2)CCCN3C(N)=O)c1. The van der Waals surface area contributed by atoms with Crippen LogP contribution >= 0.6 is 0 Å². The van der Waals surface area contributed by atoms with Gasteiger partial charge in [-0.2, -0.15) is 0 Å². The fourth-order valence-electron chi connectivity index (χ4n) is 2.90. The summed E-state index contributed by atoms with van der Waals surface area (Å²) in [5.41, 5.74) is 9.21. The fraction of sp³-hybridized carbons (Fsp3) is 0.333. The molecule has 1 aliphatic heterocycles. The molecular weight excluding hydrogens is 318 g/mol. The topological polar surface area (TPSA) is 101 Å². The van der Waals surface area contributed by atoms with Crippen molar-refractivity contribution in [2.24, 2.45) is 5.73 Å². The lowest BCUT2D eigenvalue weighted by Crippen LogP contribution is -2.40. The Labute approximate surface area is 146 Å². The molecule has 0 aromatic carbocycles. The van der Waals surface area contributed by atoms with E-state index in [-0.39, 0.29) is 5.91 Å². The van der Waals surface area contributed by atoms with Crippen LogP contribution in [0.25, 0.3) is 11.1 Å². The Kier molecular flexibility index (Phi) is 4.92. The first-order valence-corrected chi connectivity index (χ1v) is 8.35. The lowest BCUT2D eigenvalue weighted by atomic mass is 10.0. The molecule has 0 spiro atoms. The second kappa shape index (κ2) is 7.29. The summed E-state index contributed by atoms with van der Waals surface area (Å²) in [5.74, 6) is 0.647. The van der Waals surface area contributed by atoms with E-state index in [1.54, 1.807) is 18.6 Å². The third-order valence-electron chi connectivity index (χ3n) is 4.23. The molecule has 3 heterocycles. The van der Waals surface area contributed by atoms with Crippen LogP contribution in [0.1, 0.15) is 30.9 Å². The Morgan fingerprint density at radius 1 is 1.24 bits per heavy atom. The summed E-state index contributed by atoms with van der Waals surface area (Å²) in [7, 11) is 0. The fourth-order valence-corrected chi connectivity index (χ4v) is 2.90. The van der Waals surface area contributed by atoms with Crippen molar-refractivity contribution in [1.29, 1.82) is 0 Å². The maximum atomic E-state index is 11.5. The monoisotopic (exact) mass is 339 g/mol. The number of aryl methyl sites for hydroxylation is 1. The van der Waals surface area contributed by atoms with Crippen LogP contribution in [-0.4, -0.2) is 28.5 Å². The number of anilines is 1. The van der Waals surface area contributed by atoms with Gasteiger partial charge in [-0.3, -0.25) is 14.7 Å². The maximum Gasteiger partial charge on any atom is 0.320 e. The summed E-state index contributed by atoms with van der Waals surface area (Å²) in [6, 6.07) is 3.54. The molecule has 0 aliphatic carbocycles. The quantitative estimate of drug-likeness (QED) is 0.889. The summed E-state index contributed by atoms with van der Waals surface area (Å²) >= 11 is 0. The number of amides is 3. The summed E-state index contributed by atoms with van der Waals surface area (Å²) < 4.78 is 0. The Morgan fingerprint density at radius 3 is 2.80 bits per heavy atom. The van der Waals surface area contributed by atoms with Gasteiger partial charge in [0, 0.05) is 49.2 Å². The number of nitrogens with one attached hydrogen (secondary N) is 1. The van der Waals surface area contributed by atoms with Crippen molar-refractivity contribution in [3.63, 3.8) is 0 Å². The van der Waals surface area contributed by atoms with Gasteiger partial charge in [-0.1, -0.05) is 6.92 Å². The molecule has 0 saturated carbocycles. The number of carbonyl (C=O) groups excluding carboxylic acids is 2. The zero-order valence-corrected chi connectivity index (χ0v) is 14.2. The Hall–Kier alpha value is -2.96. The number of fused-ring (bicyclic) bond motifs is 1. The maximum absolute atomic E-state index is 11.5. The molecule has 0 fully saturated rings. The standard InChI is InChI=1S/C18H21N5O2/c1-2-16(24)21-9-12-6-14(10-20-8-12)15-7-13-4-3-5-23(18(19)25)17(13)22-11-15/h6-8,10-11H,2-5,9H2,1H3,(H2,19,25)(H,21,24). The second-order valence-electron chi connectivity index (χ2n) is 6.01. The van der Waals surface area contributed by atoms with Gasteiger partial charge in [0.2, 0.25) is 5.91 Å². The molecule has 7 heteroatoms.